The van der Waals surface area contributed by atoms with E-state index in [1.165, 1.54) is 0 Å². The molecule has 0 saturated carbocycles. The van der Waals surface area contributed by atoms with Crippen LogP contribution in [0.25, 0.3) is 5.69 Å². The van der Waals surface area contributed by atoms with Crippen LogP contribution in [0.4, 0.5) is 0 Å². The van der Waals surface area contributed by atoms with Crippen LogP contribution >= 0.6 is 0 Å². The van der Waals surface area contributed by atoms with Gasteiger partial charge < -0.3 is 10.1 Å². The Kier molecular flexibility index (Phi) is 6.79. The summed E-state index contributed by atoms with van der Waals surface area (Å²) in [6.45, 7) is 4.32. The van der Waals surface area contributed by atoms with Crippen LogP contribution in [0.1, 0.15) is 40.7 Å². The average molecular weight is 391 g/mol. The molecule has 0 saturated heterocycles. The molecule has 6 heteroatoms. The molecule has 1 aromatic heterocycles. The van der Waals surface area contributed by atoms with Gasteiger partial charge in [0.05, 0.1) is 18.0 Å². The first-order valence-corrected chi connectivity index (χ1v) is 9.70. The van der Waals surface area contributed by atoms with E-state index >= 15 is 0 Å². The fourth-order valence-electron chi connectivity index (χ4n) is 3.04. The molecule has 0 aliphatic carbocycles. The van der Waals surface area contributed by atoms with E-state index in [4.69, 9.17) is 4.74 Å². The highest BCUT2D eigenvalue weighted by Crippen LogP contribution is 2.15. The predicted molar refractivity (Wildman–Crippen MR) is 111 cm³/mol. The molecule has 0 bridgehead atoms. The number of nitrogens with zero attached hydrogens (tertiary/aromatic N) is 2. The van der Waals surface area contributed by atoms with Crippen LogP contribution in [0.15, 0.2) is 60.7 Å². The standard InChI is InChI=1S/C23H25N3O3/c1-3-29-23(28)21-14-17(2)25-26(21)20-11-7-10-19(15-20)16-24-22(27)13-12-18-8-5-4-6-9-18/h4-11,14-15H,3,12-13,16H2,1-2H3,(H,24,27). The van der Waals surface area contributed by atoms with Gasteiger partial charge in [-0.25, -0.2) is 9.48 Å². The lowest BCUT2D eigenvalue weighted by Gasteiger charge is -2.10. The Bertz CT molecular complexity index is 980. The van der Waals surface area contributed by atoms with E-state index in [9.17, 15) is 9.59 Å². The molecule has 0 aliphatic heterocycles. The Labute approximate surface area is 170 Å². The fraction of sp³-hybridized carbons (Fsp3) is 0.261. The number of esters is 1. The van der Waals surface area contributed by atoms with Crippen molar-refractivity contribution in [2.75, 3.05) is 6.61 Å². The molecule has 3 rings (SSSR count). The van der Waals surface area contributed by atoms with E-state index in [0.717, 1.165) is 22.5 Å². The maximum Gasteiger partial charge on any atom is 0.357 e. The number of carbonyl (C=O) groups excluding carboxylic acids is 2. The summed E-state index contributed by atoms with van der Waals surface area (Å²) in [6.07, 6.45) is 1.15. The van der Waals surface area contributed by atoms with E-state index in [2.05, 4.69) is 10.4 Å². The molecule has 6 nitrogen and oxygen atoms in total. The smallest absolute Gasteiger partial charge is 0.357 e. The van der Waals surface area contributed by atoms with Crippen LogP contribution in [-0.2, 0) is 22.5 Å². The lowest BCUT2D eigenvalue weighted by Crippen LogP contribution is -2.23. The summed E-state index contributed by atoms with van der Waals surface area (Å²) in [5.74, 6) is -0.408. The van der Waals surface area contributed by atoms with Crippen LogP contribution in [0.2, 0.25) is 0 Å². The van der Waals surface area contributed by atoms with E-state index in [1.54, 1.807) is 17.7 Å². The Morgan fingerprint density at radius 3 is 2.55 bits per heavy atom. The molecule has 1 heterocycles. The molecular weight excluding hydrogens is 366 g/mol. The molecule has 29 heavy (non-hydrogen) atoms. The number of rotatable bonds is 8. The minimum Gasteiger partial charge on any atom is -0.461 e. The van der Waals surface area contributed by atoms with Crippen molar-refractivity contribution >= 4 is 11.9 Å². The number of ether oxygens (including phenoxy) is 1. The molecule has 0 unspecified atom stereocenters. The van der Waals surface area contributed by atoms with Gasteiger partial charge in [-0.05, 0) is 49.6 Å². The van der Waals surface area contributed by atoms with Gasteiger partial charge in [-0.15, -0.1) is 0 Å². The quantitative estimate of drug-likeness (QED) is 0.596. The van der Waals surface area contributed by atoms with Crippen LogP contribution in [0.3, 0.4) is 0 Å². The molecule has 1 amide bonds. The summed E-state index contributed by atoms with van der Waals surface area (Å²) in [6, 6.07) is 19.2. The zero-order valence-electron chi connectivity index (χ0n) is 16.7. The van der Waals surface area contributed by atoms with Crippen molar-refractivity contribution in [1.29, 1.82) is 0 Å². The monoisotopic (exact) mass is 391 g/mol. The van der Waals surface area contributed by atoms with Gasteiger partial charge in [0.25, 0.3) is 0 Å². The zero-order chi connectivity index (χ0) is 20.6. The Morgan fingerprint density at radius 1 is 1.03 bits per heavy atom. The first-order chi connectivity index (χ1) is 14.1. The Balaban J connectivity index is 1.64. The highest BCUT2D eigenvalue weighted by Gasteiger charge is 2.16. The second-order valence-corrected chi connectivity index (χ2v) is 6.74. The minimum absolute atomic E-state index is 0.00130. The second-order valence-electron chi connectivity index (χ2n) is 6.74. The third-order valence-electron chi connectivity index (χ3n) is 4.44. The van der Waals surface area contributed by atoms with Gasteiger partial charge in [-0.3, -0.25) is 4.79 Å². The largest absolute Gasteiger partial charge is 0.461 e. The van der Waals surface area contributed by atoms with Crippen molar-refractivity contribution in [3.63, 3.8) is 0 Å². The van der Waals surface area contributed by atoms with Gasteiger partial charge in [0, 0.05) is 13.0 Å². The molecule has 2 aromatic carbocycles. The third-order valence-corrected chi connectivity index (χ3v) is 4.44. The van der Waals surface area contributed by atoms with Crippen molar-refractivity contribution < 1.29 is 14.3 Å². The number of hydrogen-bond donors (Lipinski definition) is 1. The number of amides is 1. The van der Waals surface area contributed by atoms with Crippen LogP contribution in [0, 0.1) is 6.92 Å². The molecule has 0 radical (unpaired) electrons. The number of aryl methyl sites for hydroxylation is 2. The number of aromatic nitrogens is 2. The Morgan fingerprint density at radius 2 is 1.79 bits per heavy atom. The molecule has 0 atom stereocenters. The minimum atomic E-state index is -0.410. The van der Waals surface area contributed by atoms with Gasteiger partial charge in [0.1, 0.15) is 0 Å². The number of benzene rings is 2. The van der Waals surface area contributed by atoms with Crippen molar-refractivity contribution in [2.24, 2.45) is 0 Å². The summed E-state index contributed by atoms with van der Waals surface area (Å²) in [5.41, 5.74) is 3.93. The van der Waals surface area contributed by atoms with E-state index in [1.807, 2.05) is 61.5 Å². The van der Waals surface area contributed by atoms with Crippen LogP contribution in [0.5, 0.6) is 0 Å². The highest BCUT2D eigenvalue weighted by atomic mass is 16.5. The molecule has 0 aliphatic rings. The maximum atomic E-state index is 12.2. The topological polar surface area (TPSA) is 73.2 Å². The number of carbonyl (C=O) groups is 2. The average Bonchev–Trinajstić information content (AvgIpc) is 3.14. The van der Waals surface area contributed by atoms with Crippen LogP contribution in [-0.4, -0.2) is 28.3 Å². The molecule has 1 N–H and O–H groups in total. The van der Waals surface area contributed by atoms with Gasteiger partial charge in [0.15, 0.2) is 5.69 Å². The summed E-state index contributed by atoms with van der Waals surface area (Å²) < 4.78 is 6.70. The number of nitrogens with one attached hydrogen (secondary N) is 1. The second kappa shape index (κ2) is 9.68. The summed E-state index contributed by atoms with van der Waals surface area (Å²) in [4.78, 5) is 24.4. The Hall–Kier alpha value is -3.41. The van der Waals surface area contributed by atoms with Crippen molar-refractivity contribution in [3.05, 3.63) is 83.2 Å². The zero-order valence-corrected chi connectivity index (χ0v) is 16.7. The van der Waals surface area contributed by atoms with E-state index in [0.29, 0.717) is 31.7 Å². The molecular formula is C23H25N3O3. The summed E-state index contributed by atoms with van der Waals surface area (Å²) in [5, 5.41) is 7.36. The summed E-state index contributed by atoms with van der Waals surface area (Å²) >= 11 is 0. The van der Waals surface area contributed by atoms with E-state index < -0.39 is 5.97 Å². The molecule has 0 spiro atoms. The summed E-state index contributed by atoms with van der Waals surface area (Å²) in [7, 11) is 0. The molecule has 3 aromatic rings. The number of hydrogen-bond acceptors (Lipinski definition) is 4. The SMILES string of the molecule is CCOC(=O)c1cc(C)nn1-c1cccc(CNC(=O)CCc2ccccc2)c1. The molecule has 0 fully saturated rings. The fourth-order valence-corrected chi connectivity index (χ4v) is 3.04. The van der Waals surface area contributed by atoms with Crippen molar-refractivity contribution in [2.45, 2.75) is 33.2 Å². The van der Waals surface area contributed by atoms with Crippen LogP contribution < -0.4 is 5.32 Å². The van der Waals surface area contributed by atoms with Gasteiger partial charge in [-0.2, -0.15) is 5.10 Å². The third kappa shape index (κ3) is 5.54. The van der Waals surface area contributed by atoms with Crippen molar-refractivity contribution in [3.8, 4) is 5.69 Å². The van der Waals surface area contributed by atoms with Crippen molar-refractivity contribution in [1.82, 2.24) is 15.1 Å². The first-order valence-electron chi connectivity index (χ1n) is 9.70. The predicted octanol–water partition coefficient (Wildman–Crippen LogP) is 3.61. The maximum absolute atomic E-state index is 12.2. The van der Waals surface area contributed by atoms with Gasteiger partial charge in [-0.1, -0.05) is 42.5 Å². The normalized spacial score (nSPS) is 10.6. The molecule has 150 valence electrons. The first kappa shape index (κ1) is 20.3. The van der Waals surface area contributed by atoms with E-state index in [-0.39, 0.29) is 5.91 Å². The highest BCUT2D eigenvalue weighted by molar-refractivity contribution is 5.88. The van der Waals surface area contributed by atoms with Gasteiger partial charge in [0.2, 0.25) is 5.91 Å². The lowest BCUT2D eigenvalue weighted by atomic mass is 10.1. The van der Waals surface area contributed by atoms with Gasteiger partial charge >= 0.3 is 5.97 Å². The lowest BCUT2D eigenvalue weighted by molar-refractivity contribution is -0.121.